The van der Waals surface area contributed by atoms with Crippen LogP contribution in [-0.4, -0.2) is 74.9 Å². The third-order valence-corrected chi connectivity index (χ3v) is 8.22. The highest BCUT2D eigenvalue weighted by Gasteiger charge is 2.45. The zero-order valence-electron chi connectivity index (χ0n) is 20.4. The first-order valence-corrected chi connectivity index (χ1v) is 13.0. The largest absolute Gasteiger partial charge is 0.355 e. The normalized spacial score (nSPS) is 29.6. The molecule has 9 nitrogen and oxygen atoms in total. The molecule has 1 saturated carbocycles. The summed E-state index contributed by atoms with van der Waals surface area (Å²) >= 11 is 0. The van der Waals surface area contributed by atoms with E-state index in [1.165, 1.54) is 18.6 Å². The summed E-state index contributed by atoms with van der Waals surface area (Å²) in [6, 6.07) is 2.12. The van der Waals surface area contributed by atoms with Crippen LogP contribution in [0.5, 0.6) is 0 Å². The molecule has 2 aromatic heterocycles. The molecule has 0 spiro atoms. The summed E-state index contributed by atoms with van der Waals surface area (Å²) in [5.41, 5.74) is 10.2. The van der Waals surface area contributed by atoms with Crippen molar-refractivity contribution in [2.45, 2.75) is 76.4 Å². The molecule has 4 atom stereocenters. The van der Waals surface area contributed by atoms with Crippen molar-refractivity contribution in [3.8, 4) is 0 Å². The Balaban J connectivity index is 1.29. The van der Waals surface area contributed by atoms with Crippen LogP contribution >= 0.6 is 0 Å². The topological polar surface area (TPSA) is 95.4 Å². The second kappa shape index (κ2) is 8.52. The molecule has 1 aliphatic carbocycles. The summed E-state index contributed by atoms with van der Waals surface area (Å²) in [5.74, 6) is 1.48. The number of fused-ring (bicyclic) bond motifs is 2. The molecule has 2 N–H and O–H groups in total. The molecule has 9 heteroatoms. The number of hydrogen-bond donors (Lipinski definition) is 1. The van der Waals surface area contributed by atoms with Gasteiger partial charge < -0.3 is 15.5 Å². The number of aryl methyl sites for hydroxylation is 1. The van der Waals surface area contributed by atoms with Crippen molar-refractivity contribution < 1.29 is 4.79 Å². The van der Waals surface area contributed by atoms with Crippen molar-refractivity contribution in [3.05, 3.63) is 23.5 Å². The van der Waals surface area contributed by atoms with E-state index in [-0.39, 0.29) is 30.0 Å². The van der Waals surface area contributed by atoms with Gasteiger partial charge in [-0.15, -0.1) is 0 Å². The minimum absolute atomic E-state index is 0.00652. The summed E-state index contributed by atoms with van der Waals surface area (Å²) in [4.78, 5) is 23.2. The first-order chi connectivity index (χ1) is 16.5. The molecule has 5 heterocycles. The van der Waals surface area contributed by atoms with E-state index >= 15 is 0 Å². The first-order valence-electron chi connectivity index (χ1n) is 13.0. The maximum Gasteiger partial charge on any atom is 0.248 e. The Morgan fingerprint density at radius 3 is 2.79 bits per heavy atom. The van der Waals surface area contributed by atoms with E-state index in [9.17, 15) is 4.79 Å². The summed E-state index contributed by atoms with van der Waals surface area (Å²) in [7, 11) is 1.97. The lowest BCUT2D eigenvalue weighted by molar-refractivity contribution is -0.141. The molecule has 2 aromatic rings. The maximum atomic E-state index is 13.9. The van der Waals surface area contributed by atoms with Crippen LogP contribution in [0, 0.1) is 12.8 Å². The lowest BCUT2D eigenvalue weighted by Crippen LogP contribution is -2.50. The fraction of sp³-hybridized carbons (Fsp3) is 0.680. The van der Waals surface area contributed by atoms with Crippen LogP contribution in [0.4, 0.5) is 5.82 Å². The Kier molecular flexibility index (Phi) is 5.47. The fourth-order valence-electron chi connectivity index (χ4n) is 6.50. The quantitative estimate of drug-likeness (QED) is 0.750. The average molecular weight is 465 g/mol. The number of piperidine rings is 1. The van der Waals surface area contributed by atoms with Gasteiger partial charge >= 0.3 is 0 Å². The van der Waals surface area contributed by atoms with E-state index in [2.05, 4.69) is 29.0 Å². The van der Waals surface area contributed by atoms with Crippen molar-refractivity contribution in [2.75, 3.05) is 31.6 Å². The Morgan fingerprint density at radius 1 is 1.12 bits per heavy atom. The van der Waals surface area contributed by atoms with E-state index in [0.717, 1.165) is 80.9 Å². The molecule has 2 unspecified atom stereocenters. The number of likely N-dealkylation sites (tertiary alicyclic amines) is 1. The van der Waals surface area contributed by atoms with Gasteiger partial charge in [0.25, 0.3) is 0 Å². The number of nitrogens with two attached hydrogens (primary N) is 1. The van der Waals surface area contributed by atoms with Gasteiger partial charge in [0.1, 0.15) is 11.9 Å². The zero-order valence-corrected chi connectivity index (χ0v) is 20.4. The molecule has 1 amide bonds. The number of likely N-dealkylation sites (N-methyl/N-ethyl adjacent to an activating group) is 1. The molecule has 182 valence electrons. The van der Waals surface area contributed by atoms with Gasteiger partial charge in [0, 0.05) is 62.2 Å². The number of anilines is 1. The third kappa shape index (κ3) is 3.65. The summed E-state index contributed by atoms with van der Waals surface area (Å²) in [5, 5.41) is 11.6. The predicted molar refractivity (Wildman–Crippen MR) is 132 cm³/mol. The van der Waals surface area contributed by atoms with Crippen LogP contribution in [0.25, 0.3) is 5.65 Å². The van der Waals surface area contributed by atoms with Gasteiger partial charge in [-0.25, -0.2) is 9.50 Å². The number of nitrogens with zero attached hydrogens (tertiary/aromatic N) is 7. The summed E-state index contributed by atoms with van der Waals surface area (Å²) < 4.78 is 1.88. The molecule has 0 aromatic carbocycles. The monoisotopic (exact) mass is 464 g/mol. The number of hydrogen-bond acceptors (Lipinski definition) is 7. The van der Waals surface area contributed by atoms with Crippen molar-refractivity contribution in [2.24, 2.45) is 16.8 Å². The van der Waals surface area contributed by atoms with Crippen LogP contribution in [0.1, 0.15) is 68.7 Å². The lowest BCUT2D eigenvalue weighted by atomic mass is 9.82. The Morgan fingerprint density at radius 2 is 1.97 bits per heavy atom. The standard InChI is InChI=1S/C25H36N8O/c1-16-14-33-22(27-24(16)31-12-10-17(26)15-31)13-20(29-33)21-9-5-6-11-32(21)25(34)23-18-7-3-4-8-19(18)28-30(23)2/h13-14,17-18,21,23H,3-12,15,26H2,1-2H3/t17-,18?,21-,23?/m0/s1. The number of aromatic nitrogens is 3. The van der Waals surface area contributed by atoms with Crippen LogP contribution in [0.2, 0.25) is 0 Å². The second-order valence-corrected chi connectivity index (χ2v) is 10.6. The van der Waals surface area contributed by atoms with Crippen molar-refractivity contribution >= 4 is 23.1 Å². The SMILES string of the molecule is Cc1cn2nc([C@@H]3CCCCN3C(=O)C3C4CCCCC4=NN3C)cc2nc1N1CC[C@H](N)C1. The Bertz CT molecular complexity index is 1130. The Hall–Kier alpha value is -2.68. The van der Waals surface area contributed by atoms with Gasteiger partial charge in [-0.05, 0) is 51.9 Å². The number of hydrazone groups is 1. The van der Waals surface area contributed by atoms with E-state index in [1.54, 1.807) is 0 Å². The highest BCUT2D eigenvalue weighted by atomic mass is 16.2. The lowest BCUT2D eigenvalue weighted by Gasteiger charge is -2.39. The van der Waals surface area contributed by atoms with Crippen LogP contribution in [0.15, 0.2) is 17.4 Å². The Labute approximate surface area is 201 Å². The molecule has 3 fully saturated rings. The van der Waals surface area contributed by atoms with E-state index in [4.69, 9.17) is 20.9 Å². The minimum atomic E-state index is -0.167. The second-order valence-electron chi connectivity index (χ2n) is 10.6. The number of rotatable bonds is 3. The van der Waals surface area contributed by atoms with Gasteiger partial charge in [-0.1, -0.05) is 6.42 Å². The van der Waals surface area contributed by atoms with Gasteiger partial charge in [0.05, 0.1) is 11.7 Å². The van der Waals surface area contributed by atoms with E-state index < -0.39 is 0 Å². The van der Waals surface area contributed by atoms with Crippen molar-refractivity contribution in [1.29, 1.82) is 0 Å². The van der Waals surface area contributed by atoms with Crippen molar-refractivity contribution in [3.63, 3.8) is 0 Å². The van der Waals surface area contributed by atoms with Crippen molar-refractivity contribution in [1.82, 2.24) is 24.5 Å². The molecule has 0 bridgehead atoms. The molecule has 34 heavy (non-hydrogen) atoms. The van der Waals surface area contributed by atoms with E-state index in [1.807, 2.05) is 16.6 Å². The van der Waals surface area contributed by atoms with E-state index in [0.29, 0.717) is 0 Å². The maximum absolute atomic E-state index is 13.9. The molecule has 4 aliphatic rings. The van der Waals surface area contributed by atoms with Gasteiger partial charge in [-0.2, -0.15) is 10.2 Å². The highest BCUT2D eigenvalue weighted by molar-refractivity contribution is 5.96. The van der Waals surface area contributed by atoms with Gasteiger partial charge in [0.2, 0.25) is 5.91 Å². The molecule has 0 radical (unpaired) electrons. The predicted octanol–water partition coefficient (Wildman–Crippen LogP) is 2.49. The average Bonchev–Trinajstić information content (AvgIpc) is 3.53. The third-order valence-electron chi connectivity index (χ3n) is 8.22. The van der Waals surface area contributed by atoms with Gasteiger partial charge in [-0.3, -0.25) is 9.80 Å². The molecular weight excluding hydrogens is 428 g/mol. The zero-order chi connectivity index (χ0) is 23.4. The number of amides is 1. The first kappa shape index (κ1) is 21.8. The number of carbonyl (C=O) groups is 1. The molecule has 2 saturated heterocycles. The fourth-order valence-corrected chi connectivity index (χ4v) is 6.50. The van der Waals surface area contributed by atoms with Crippen LogP contribution < -0.4 is 10.6 Å². The highest BCUT2D eigenvalue weighted by Crippen LogP contribution is 2.37. The van der Waals surface area contributed by atoms with Crippen LogP contribution in [-0.2, 0) is 4.79 Å². The summed E-state index contributed by atoms with van der Waals surface area (Å²) in [6.45, 7) is 4.65. The molecular formula is C25H36N8O. The smallest absolute Gasteiger partial charge is 0.248 e. The molecule has 3 aliphatic heterocycles. The van der Waals surface area contributed by atoms with Crippen LogP contribution in [0.3, 0.4) is 0 Å². The minimum Gasteiger partial charge on any atom is -0.355 e. The summed E-state index contributed by atoms with van der Waals surface area (Å²) in [6.07, 6.45) is 10.6. The van der Waals surface area contributed by atoms with Gasteiger partial charge in [0.15, 0.2) is 5.65 Å². The number of carbonyl (C=O) groups excluding carboxylic acids is 1. The molecule has 6 rings (SSSR count).